The number of aromatic nitrogens is 5. The quantitative estimate of drug-likeness (QED) is 0.608. The summed E-state index contributed by atoms with van der Waals surface area (Å²) < 4.78 is 20.1. The van der Waals surface area contributed by atoms with Crippen molar-refractivity contribution in [3.8, 4) is 11.5 Å². The summed E-state index contributed by atoms with van der Waals surface area (Å²) in [5.41, 5.74) is 0.582. The lowest BCUT2D eigenvalue weighted by atomic mass is 10.2. The zero-order valence-electron chi connectivity index (χ0n) is 13.2. The number of fused-ring (bicyclic) bond motifs is 1. The van der Waals surface area contributed by atoms with E-state index in [0.717, 1.165) is 6.20 Å². The Morgan fingerprint density at radius 3 is 2.85 bits per heavy atom. The molecule has 1 amide bonds. The highest BCUT2D eigenvalue weighted by molar-refractivity contribution is 6.08. The topological polar surface area (TPSA) is 94.3 Å². The Kier molecular flexibility index (Phi) is 3.94. The van der Waals surface area contributed by atoms with Crippen molar-refractivity contribution >= 4 is 17.4 Å². The number of ether oxygens (including phenoxy) is 1. The zero-order chi connectivity index (χ0) is 17.9. The molecular weight excluding hydrogens is 339 g/mol. The molecule has 0 aromatic carbocycles. The molecule has 4 rings (SSSR count). The van der Waals surface area contributed by atoms with E-state index in [2.05, 4.69) is 25.4 Å². The van der Waals surface area contributed by atoms with Gasteiger partial charge < -0.3 is 10.1 Å². The van der Waals surface area contributed by atoms with Crippen LogP contribution >= 0.6 is 0 Å². The van der Waals surface area contributed by atoms with Crippen LogP contribution in [0.3, 0.4) is 0 Å². The molecule has 8 nitrogen and oxygen atoms in total. The van der Waals surface area contributed by atoms with Crippen LogP contribution in [0.1, 0.15) is 10.4 Å². The van der Waals surface area contributed by atoms with Gasteiger partial charge in [-0.3, -0.25) is 9.78 Å². The van der Waals surface area contributed by atoms with E-state index in [-0.39, 0.29) is 11.4 Å². The largest absolute Gasteiger partial charge is 0.454 e. The molecule has 1 N–H and O–H groups in total. The summed E-state index contributed by atoms with van der Waals surface area (Å²) >= 11 is 0. The number of rotatable bonds is 4. The number of carbonyl (C=O) groups excluding carboxylic acids is 1. The maximum absolute atomic E-state index is 13.0. The minimum Gasteiger partial charge on any atom is -0.454 e. The molecule has 0 atom stereocenters. The Balaban J connectivity index is 1.67. The van der Waals surface area contributed by atoms with Gasteiger partial charge in [-0.15, -0.1) is 0 Å². The van der Waals surface area contributed by atoms with Gasteiger partial charge in [0, 0.05) is 6.20 Å². The average molecular weight is 350 g/mol. The SMILES string of the molecule is O=C(Nc1ccc(F)cn1)c1cc(Oc2cccnc2)cn2ncnc12. The smallest absolute Gasteiger partial charge is 0.260 e. The second-order valence-corrected chi connectivity index (χ2v) is 5.22. The highest BCUT2D eigenvalue weighted by atomic mass is 19.1. The Morgan fingerprint density at radius 1 is 1.15 bits per heavy atom. The van der Waals surface area contributed by atoms with Crippen LogP contribution in [-0.4, -0.2) is 30.5 Å². The molecule has 0 saturated carbocycles. The van der Waals surface area contributed by atoms with Gasteiger partial charge in [-0.25, -0.2) is 18.9 Å². The Morgan fingerprint density at radius 2 is 2.08 bits per heavy atom. The second kappa shape index (κ2) is 6.55. The highest BCUT2D eigenvalue weighted by Gasteiger charge is 2.16. The molecule has 0 unspecified atom stereocenters. The minimum absolute atomic E-state index is 0.215. The van der Waals surface area contributed by atoms with Gasteiger partial charge in [-0.2, -0.15) is 5.10 Å². The summed E-state index contributed by atoms with van der Waals surface area (Å²) in [5.74, 6) is 0.146. The number of hydrogen-bond acceptors (Lipinski definition) is 6. The Hall–Kier alpha value is -3.88. The normalized spacial score (nSPS) is 10.7. The number of amides is 1. The fraction of sp³-hybridized carbons (Fsp3) is 0. The predicted octanol–water partition coefficient (Wildman–Crippen LogP) is 2.70. The van der Waals surface area contributed by atoms with Crippen LogP contribution < -0.4 is 10.1 Å². The standard InChI is InChI=1S/C17H11FN6O2/c18-11-3-4-15(20-7-11)23-17(25)14-6-13(9-24-16(14)21-10-22-24)26-12-2-1-5-19-8-12/h1-10H,(H,20,23,25). The summed E-state index contributed by atoms with van der Waals surface area (Å²) in [6, 6.07) is 7.58. The van der Waals surface area contributed by atoms with Crippen molar-refractivity contribution in [3.05, 3.63) is 72.8 Å². The molecule has 0 aliphatic heterocycles. The molecule has 26 heavy (non-hydrogen) atoms. The third kappa shape index (κ3) is 3.18. The van der Waals surface area contributed by atoms with Gasteiger partial charge >= 0.3 is 0 Å². The molecule has 0 bridgehead atoms. The third-order valence-electron chi connectivity index (χ3n) is 3.43. The number of pyridine rings is 3. The number of anilines is 1. The van der Waals surface area contributed by atoms with E-state index in [4.69, 9.17) is 4.74 Å². The molecular formula is C17H11FN6O2. The fourth-order valence-corrected chi connectivity index (χ4v) is 2.30. The van der Waals surface area contributed by atoms with Crippen molar-refractivity contribution in [2.24, 2.45) is 0 Å². The molecule has 0 saturated heterocycles. The van der Waals surface area contributed by atoms with Gasteiger partial charge in [0.05, 0.1) is 24.2 Å². The Labute approximate surface area is 146 Å². The van der Waals surface area contributed by atoms with Crippen molar-refractivity contribution < 1.29 is 13.9 Å². The number of nitrogens with one attached hydrogen (secondary N) is 1. The minimum atomic E-state index is -0.491. The molecule has 4 aromatic heterocycles. The highest BCUT2D eigenvalue weighted by Crippen LogP contribution is 2.23. The Bertz CT molecular complexity index is 1070. The first-order valence-electron chi connectivity index (χ1n) is 7.53. The first-order chi connectivity index (χ1) is 12.7. The maximum atomic E-state index is 13.0. The van der Waals surface area contributed by atoms with E-state index in [1.165, 1.54) is 29.0 Å². The number of nitrogens with zero attached hydrogens (tertiary/aromatic N) is 5. The van der Waals surface area contributed by atoms with E-state index in [1.54, 1.807) is 30.7 Å². The molecule has 0 radical (unpaired) electrons. The molecule has 0 aliphatic rings. The maximum Gasteiger partial charge on any atom is 0.260 e. The molecule has 9 heteroatoms. The monoisotopic (exact) mass is 350 g/mol. The van der Waals surface area contributed by atoms with Crippen LogP contribution in [-0.2, 0) is 0 Å². The zero-order valence-corrected chi connectivity index (χ0v) is 13.2. The average Bonchev–Trinajstić information content (AvgIpc) is 3.12. The number of hydrogen-bond donors (Lipinski definition) is 1. The number of carbonyl (C=O) groups is 1. The van der Waals surface area contributed by atoms with Gasteiger partial charge in [0.15, 0.2) is 5.65 Å². The van der Waals surface area contributed by atoms with Gasteiger partial charge in [0.2, 0.25) is 0 Å². The van der Waals surface area contributed by atoms with Gasteiger partial charge in [0.25, 0.3) is 5.91 Å². The summed E-state index contributed by atoms with van der Waals surface area (Å²) in [4.78, 5) is 24.5. The van der Waals surface area contributed by atoms with E-state index >= 15 is 0 Å². The first kappa shape index (κ1) is 15.6. The van der Waals surface area contributed by atoms with E-state index in [1.807, 2.05) is 0 Å². The molecule has 4 heterocycles. The van der Waals surface area contributed by atoms with Crippen molar-refractivity contribution in [2.45, 2.75) is 0 Å². The van der Waals surface area contributed by atoms with Crippen molar-refractivity contribution in [1.29, 1.82) is 0 Å². The van der Waals surface area contributed by atoms with Gasteiger partial charge in [-0.1, -0.05) is 0 Å². The van der Waals surface area contributed by atoms with E-state index in [0.29, 0.717) is 17.1 Å². The lowest BCUT2D eigenvalue weighted by Crippen LogP contribution is -2.14. The van der Waals surface area contributed by atoms with Gasteiger partial charge in [0.1, 0.15) is 29.5 Å². The van der Waals surface area contributed by atoms with Crippen molar-refractivity contribution in [1.82, 2.24) is 24.6 Å². The molecule has 0 fully saturated rings. The van der Waals surface area contributed by atoms with Crippen LogP contribution in [0.2, 0.25) is 0 Å². The van der Waals surface area contributed by atoms with Crippen molar-refractivity contribution in [3.63, 3.8) is 0 Å². The first-order valence-corrected chi connectivity index (χ1v) is 7.53. The van der Waals surface area contributed by atoms with Crippen LogP contribution in [0, 0.1) is 5.82 Å². The van der Waals surface area contributed by atoms with Crippen LogP contribution in [0.25, 0.3) is 5.65 Å². The fourth-order valence-electron chi connectivity index (χ4n) is 2.30. The summed E-state index contributed by atoms with van der Waals surface area (Å²) in [6.07, 6.45) is 7.12. The molecule has 0 aliphatic carbocycles. The van der Waals surface area contributed by atoms with E-state index < -0.39 is 11.7 Å². The number of halogens is 1. The molecule has 128 valence electrons. The van der Waals surface area contributed by atoms with Crippen molar-refractivity contribution in [2.75, 3.05) is 5.32 Å². The van der Waals surface area contributed by atoms with Gasteiger partial charge in [-0.05, 0) is 30.3 Å². The van der Waals surface area contributed by atoms with Crippen LogP contribution in [0.5, 0.6) is 11.5 Å². The second-order valence-electron chi connectivity index (χ2n) is 5.22. The third-order valence-corrected chi connectivity index (χ3v) is 3.43. The lowest BCUT2D eigenvalue weighted by Gasteiger charge is -2.09. The van der Waals surface area contributed by atoms with Crippen LogP contribution in [0.4, 0.5) is 10.2 Å². The molecule has 0 spiro atoms. The predicted molar refractivity (Wildman–Crippen MR) is 89.4 cm³/mol. The summed E-state index contributed by atoms with van der Waals surface area (Å²) in [7, 11) is 0. The summed E-state index contributed by atoms with van der Waals surface area (Å²) in [5, 5.41) is 6.64. The van der Waals surface area contributed by atoms with Crippen LogP contribution in [0.15, 0.2) is 61.4 Å². The molecule has 4 aromatic rings. The van der Waals surface area contributed by atoms with E-state index in [9.17, 15) is 9.18 Å². The summed E-state index contributed by atoms with van der Waals surface area (Å²) in [6.45, 7) is 0. The lowest BCUT2D eigenvalue weighted by molar-refractivity contribution is 0.102.